The van der Waals surface area contributed by atoms with Crippen LogP contribution in [0.25, 0.3) is 0 Å². The lowest BCUT2D eigenvalue weighted by Crippen LogP contribution is -2.01. The second-order valence-corrected chi connectivity index (χ2v) is 1.27. The maximum absolute atomic E-state index is 4.84. The van der Waals surface area contributed by atoms with Gasteiger partial charge < -0.3 is 4.74 Å². The minimum Gasteiger partial charge on any atom is -0.381 e. The monoisotopic (exact) mass is 87.1 g/mol. The molecule has 0 fully saturated rings. The lowest BCUT2D eigenvalue weighted by Gasteiger charge is -2.01. The number of ether oxygens (including phenoxy) is 1. The molecule has 1 nitrogen and oxygen atoms in total. The van der Waals surface area contributed by atoms with Crippen LogP contribution in [0.15, 0.2) is 0 Å². The molecule has 0 unspecified atom stereocenters. The number of hydrogen-bond donors (Lipinski definition) is 0. The molecule has 0 rings (SSSR count). The summed E-state index contributed by atoms with van der Waals surface area (Å²) in [5.74, 6) is 0. The van der Waals surface area contributed by atoms with E-state index >= 15 is 0 Å². The van der Waals surface area contributed by atoms with Crippen molar-refractivity contribution in [1.82, 2.24) is 0 Å². The predicted molar refractivity (Wildman–Crippen MR) is 26.4 cm³/mol. The van der Waals surface area contributed by atoms with Crippen LogP contribution in [0, 0.1) is 6.42 Å². The molecule has 1 heteroatoms. The van der Waals surface area contributed by atoms with Crippen LogP contribution in [0.1, 0.15) is 13.8 Å². The third-order valence-corrected chi connectivity index (χ3v) is 0.841. The Balaban J connectivity index is 2.75. The van der Waals surface area contributed by atoms with Gasteiger partial charge in [0.1, 0.15) is 0 Å². The smallest absolute Gasteiger partial charge is 0.0572 e. The zero-order chi connectivity index (χ0) is 4.99. The molecule has 0 N–H and O–H groups in total. The van der Waals surface area contributed by atoms with Crippen LogP contribution in [-0.2, 0) is 4.74 Å². The van der Waals surface area contributed by atoms with E-state index in [4.69, 9.17) is 4.74 Å². The van der Waals surface area contributed by atoms with Gasteiger partial charge in [0.2, 0.25) is 0 Å². The Kier molecular flexibility index (Phi) is 3.14. The van der Waals surface area contributed by atoms with Gasteiger partial charge >= 0.3 is 0 Å². The Labute approximate surface area is 39.3 Å². The highest BCUT2D eigenvalue weighted by molar-refractivity contribution is 4.63. The molecule has 0 heterocycles. The molecule has 0 bridgehead atoms. The van der Waals surface area contributed by atoms with Gasteiger partial charge in [0.05, 0.1) is 6.10 Å². The number of methoxy groups -OCH3 is 1. The summed E-state index contributed by atoms with van der Waals surface area (Å²) in [5, 5.41) is 0. The van der Waals surface area contributed by atoms with Gasteiger partial charge in [0.25, 0.3) is 0 Å². The van der Waals surface area contributed by atoms with E-state index < -0.39 is 0 Å². The van der Waals surface area contributed by atoms with Crippen LogP contribution in [0.4, 0.5) is 0 Å². The highest BCUT2D eigenvalue weighted by Crippen LogP contribution is 1.88. The van der Waals surface area contributed by atoms with Gasteiger partial charge in [-0.1, -0.05) is 6.92 Å². The molecule has 0 amide bonds. The van der Waals surface area contributed by atoms with E-state index in [0.717, 1.165) is 0 Å². The van der Waals surface area contributed by atoms with Crippen molar-refractivity contribution in [2.75, 3.05) is 7.11 Å². The van der Waals surface area contributed by atoms with Crippen LogP contribution in [0.2, 0.25) is 0 Å². The van der Waals surface area contributed by atoms with E-state index in [0.29, 0.717) is 6.10 Å². The third kappa shape index (κ3) is 2.21. The Morgan fingerprint density at radius 2 is 2.17 bits per heavy atom. The standard InChI is InChI=1S/C5H11O/c1-4-5(2)6-3/h4-5H,1-3H3/t5-/m1/s1. The fourth-order valence-corrected chi connectivity index (χ4v) is 0.136. The molecule has 0 aromatic carbocycles. The van der Waals surface area contributed by atoms with Crippen molar-refractivity contribution >= 4 is 0 Å². The largest absolute Gasteiger partial charge is 0.381 e. The molecule has 0 aromatic rings. The van der Waals surface area contributed by atoms with Crippen molar-refractivity contribution < 1.29 is 4.74 Å². The summed E-state index contributed by atoms with van der Waals surface area (Å²) in [6.07, 6.45) is 2.31. The Morgan fingerprint density at radius 1 is 1.67 bits per heavy atom. The van der Waals surface area contributed by atoms with Crippen molar-refractivity contribution in [1.29, 1.82) is 0 Å². The average Bonchev–Trinajstić information content (AvgIpc) is 1.65. The second-order valence-electron chi connectivity index (χ2n) is 1.27. The fourth-order valence-electron chi connectivity index (χ4n) is 0.136. The predicted octanol–water partition coefficient (Wildman–Crippen LogP) is 1.25. The third-order valence-electron chi connectivity index (χ3n) is 0.841. The minimum atomic E-state index is 0.310. The molecule has 0 aliphatic rings. The first-order valence-corrected chi connectivity index (χ1v) is 2.13. The van der Waals surface area contributed by atoms with Crippen molar-refractivity contribution in [3.05, 3.63) is 6.42 Å². The quantitative estimate of drug-likeness (QED) is 0.492. The summed E-state index contributed by atoms with van der Waals surface area (Å²) in [5.41, 5.74) is 0. The van der Waals surface area contributed by atoms with E-state index in [1.54, 1.807) is 7.11 Å². The maximum atomic E-state index is 4.84. The van der Waals surface area contributed by atoms with Crippen LogP contribution in [0.3, 0.4) is 0 Å². The highest BCUT2D eigenvalue weighted by Gasteiger charge is 1.88. The van der Waals surface area contributed by atoms with Gasteiger partial charge in [0, 0.05) is 7.11 Å². The molecule has 0 aliphatic carbocycles. The van der Waals surface area contributed by atoms with Crippen LogP contribution in [0.5, 0.6) is 0 Å². The van der Waals surface area contributed by atoms with Crippen molar-refractivity contribution in [3.63, 3.8) is 0 Å². The first-order valence-electron chi connectivity index (χ1n) is 2.13. The fraction of sp³-hybridized carbons (Fsp3) is 0.800. The van der Waals surface area contributed by atoms with Crippen molar-refractivity contribution in [2.24, 2.45) is 0 Å². The molecule has 0 saturated heterocycles. The van der Waals surface area contributed by atoms with Crippen molar-refractivity contribution in [2.45, 2.75) is 20.0 Å². The zero-order valence-electron chi connectivity index (χ0n) is 4.56. The van der Waals surface area contributed by atoms with Gasteiger partial charge in [-0.05, 0) is 13.3 Å². The lowest BCUT2D eigenvalue weighted by atomic mass is 10.3. The maximum Gasteiger partial charge on any atom is 0.0572 e. The van der Waals surface area contributed by atoms with Crippen molar-refractivity contribution in [3.8, 4) is 0 Å². The number of hydrogen-bond acceptors (Lipinski definition) is 1. The zero-order valence-corrected chi connectivity index (χ0v) is 4.56. The van der Waals surface area contributed by atoms with Crippen LogP contribution >= 0.6 is 0 Å². The average molecular weight is 87.1 g/mol. The molecule has 1 atom stereocenters. The lowest BCUT2D eigenvalue weighted by molar-refractivity contribution is 0.144. The summed E-state index contributed by atoms with van der Waals surface area (Å²) in [6.45, 7) is 3.98. The summed E-state index contributed by atoms with van der Waals surface area (Å²) in [6, 6.07) is 0. The van der Waals surface area contributed by atoms with E-state index in [2.05, 4.69) is 0 Å². The second kappa shape index (κ2) is 3.16. The summed E-state index contributed by atoms with van der Waals surface area (Å²) in [4.78, 5) is 0. The van der Waals surface area contributed by atoms with Gasteiger partial charge in [0.15, 0.2) is 0 Å². The Bertz CT molecular complexity index is 23.1. The van der Waals surface area contributed by atoms with E-state index in [1.807, 2.05) is 20.3 Å². The van der Waals surface area contributed by atoms with Gasteiger partial charge in [-0.25, -0.2) is 0 Å². The molecule has 0 aromatic heterocycles. The molecule has 0 aliphatic heterocycles. The van der Waals surface area contributed by atoms with E-state index in [1.165, 1.54) is 0 Å². The van der Waals surface area contributed by atoms with Crippen LogP contribution in [-0.4, -0.2) is 13.2 Å². The van der Waals surface area contributed by atoms with Gasteiger partial charge in [-0.15, -0.1) is 0 Å². The SMILES string of the molecule is C[CH][C@@H](C)OC. The van der Waals surface area contributed by atoms with E-state index in [9.17, 15) is 0 Å². The molecular formula is C5H11O. The first-order chi connectivity index (χ1) is 2.81. The molecule has 37 valence electrons. The van der Waals surface area contributed by atoms with Gasteiger partial charge in [-0.2, -0.15) is 0 Å². The first kappa shape index (κ1) is 5.96. The molecular weight excluding hydrogens is 76.1 g/mol. The molecule has 0 saturated carbocycles. The summed E-state index contributed by atoms with van der Waals surface area (Å²) >= 11 is 0. The Hall–Kier alpha value is -0.0400. The molecule has 6 heavy (non-hydrogen) atoms. The minimum absolute atomic E-state index is 0.310. The summed E-state index contributed by atoms with van der Waals surface area (Å²) in [7, 11) is 1.70. The topological polar surface area (TPSA) is 9.23 Å². The Morgan fingerprint density at radius 3 is 2.17 bits per heavy atom. The molecule has 0 spiro atoms. The normalized spacial score (nSPS) is 14.5. The summed E-state index contributed by atoms with van der Waals surface area (Å²) < 4.78 is 4.84. The van der Waals surface area contributed by atoms with E-state index in [-0.39, 0.29) is 0 Å². The molecule has 1 radical (unpaired) electrons. The van der Waals surface area contributed by atoms with Gasteiger partial charge in [-0.3, -0.25) is 0 Å². The van der Waals surface area contributed by atoms with Crippen LogP contribution < -0.4 is 0 Å². The highest BCUT2D eigenvalue weighted by atomic mass is 16.5. The number of rotatable bonds is 2.